The highest BCUT2D eigenvalue weighted by Gasteiger charge is 2.30. The Kier molecular flexibility index (Phi) is 5.79. The third kappa shape index (κ3) is 4.57. The molecule has 3 nitrogen and oxygen atoms in total. The largest absolute Gasteiger partial charge is 0.416 e. The molecule has 0 heterocycles. The zero-order valence-electron chi connectivity index (χ0n) is 13.8. The highest BCUT2D eigenvalue weighted by atomic mass is 19.4. The van der Waals surface area contributed by atoms with Gasteiger partial charge < -0.3 is 10.2 Å². The average Bonchev–Trinajstić information content (AvgIpc) is 2.58. The maximum atomic E-state index is 13.6. The predicted molar refractivity (Wildman–Crippen MR) is 87.7 cm³/mol. The molecule has 0 spiro atoms. The van der Waals surface area contributed by atoms with Gasteiger partial charge in [-0.3, -0.25) is 4.79 Å². The van der Waals surface area contributed by atoms with E-state index in [1.54, 1.807) is 14.1 Å². The number of rotatable bonds is 5. The van der Waals surface area contributed by atoms with Crippen molar-refractivity contribution >= 4 is 5.91 Å². The molecule has 0 aliphatic heterocycles. The summed E-state index contributed by atoms with van der Waals surface area (Å²) >= 11 is 0. The molecule has 0 atom stereocenters. The van der Waals surface area contributed by atoms with E-state index >= 15 is 0 Å². The van der Waals surface area contributed by atoms with Crippen LogP contribution < -0.4 is 5.32 Å². The highest BCUT2D eigenvalue weighted by Crippen LogP contribution is 2.33. The summed E-state index contributed by atoms with van der Waals surface area (Å²) in [6.07, 6.45) is -4.50. The maximum Gasteiger partial charge on any atom is 0.416 e. The lowest BCUT2D eigenvalue weighted by Gasteiger charge is -2.19. The van der Waals surface area contributed by atoms with Gasteiger partial charge in [0.2, 0.25) is 0 Å². The van der Waals surface area contributed by atoms with Crippen LogP contribution in [0.1, 0.15) is 15.9 Å². The van der Waals surface area contributed by atoms with Crippen LogP contribution in [-0.2, 0) is 6.18 Å². The molecule has 0 saturated carbocycles. The first-order valence-corrected chi connectivity index (χ1v) is 7.61. The number of amides is 1. The Bertz CT molecular complexity index is 759. The summed E-state index contributed by atoms with van der Waals surface area (Å²) in [7, 11) is 3.29. The van der Waals surface area contributed by atoms with Gasteiger partial charge in [0.1, 0.15) is 5.82 Å². The van der Waals surface area contributed by atoms with E-state index in [1.165, 1.54) is 23.1 Å². The van der Waals surface area contributed by atoms with E-state index in [1.807, 2.05) is 0 Å². The van der Waals surface area contributed by atoms with E-state index in [-0.39, 0.29) is 16.7 Å². The highest BCUT2D eigenvalue weighted by molar-refractivity contribution is 6.00. The molecule has 2 aromatic carbocycles. The standard InChI is InChI=1S/C18H18F4N2O/c1-23-8-9-24(2)17(25)16-11-14(19)6-7-15(16)12-4-3-5-13(10-12)18(20,21)22/h3-7,10-11,23H,8-9H2,1-2H3. The molecule has 1 N–H and O–H groups in total. The van der Waals surface area contributed by atoms with Crippen LogP contribution in [0.2, 0.25) is 0 Å². The second-order valence-corrected chi connectivity index (χ2v) is 5.60. The number of halogens is 4. The number of nitrogens with zero attached hydrogens (tertiary/aromatic N) is 1. The summed E-state index contributed by atoms with van der Waals surface area (Å²) in [6, 6.07) is 8.14. The molecule has 0 fully saturated rings. The molecule has 0 unspecified atom stereocenters. The van der Waals surface area contributed by atoms with Crippen LogP contribution in [0.4, 0.5) is 17.6 Å². The third-order valence-corrected chi connectivity index (χ3v) is 3.76. The number of carbonyl (C=O) groups is 1. The number of benzene rings is 2. The molecule has 0 saturated heterocycles. The minimum atomic E-state index is -4.50. The summed E-state index contributed by atoms with van der Waals surface area (Å²) in [5, 5.41) is 2.89. The van der Waals surface area contributed by atoms with E-state index in [4.69, 9.17) is 0 Å². The van der Waals surface area contributed by atoms with Crippen LogP contribution in [0.3, 0.4) is 0 Å². The fourth-order valence-electron chi connectivity index (χ4n) is 2.39. The molecule has 134 valence electrons. The van der Waals surface area contributed by atoms with Crippen LogP contribution in [0, 0.1) is 5.82 Å². The molecular weight excluding hydrogens is 336 g/mol. The molecule has 2 aromatic rings. The van der Waals surface area contributed by atoms with Crippen molar-refractivity contribution in [2.45, 2.75) is 6.18 Å². The number of hydrogen-bond acceptors (Lipinski definition) is 2. The molecular formula is C18H18F4N2O. The quantitative estimate of drug-likeness (QED) is 0.829. The lowest BCUT2D eigenvalue weighted by Crippen LogP contribution is -2.33. The second kappa shape index (κ2) is 7.65. The Hall–Kier alpha value is -2.41. The van der Waals surface area contributed by atoms with Crippen molar-refractivity contribution in [2.75, 3.05) is 27.2 Å². The number of likely N-dealkylation sites (N-methyl/N-ethyl adjacent to an activating group) is 2. The van der Waals surface area contributed by atoms with Crippen LogP contribution in [0.15, 0.2) is 42.5 Å². The van der Waals surface area contributed by atoms with Crippen molar-refractivity contribution in [1.82, 2.24) is 10.2 Å². The van der Waals surface area contributed by atoms with Gasteiger partial charge in [0.05, 0.1) is 11.1 Å². The Labute approximate surface area is 143 Å². The van der Waals surface area contributed by atoms with Gasteiger partial charge in [0.15, 0.2) is 0 Å². The Morgan fingerprint density at radius 3 is 2.52 bits per heavy atom. The molecule has 0 aliphatic rings. The van der Waals surface area contributed by atoms with E-state index in [0.717, 1.165) is 24.3 Å². The van der Waals surface area contributed by atoms with Crippen LogP contribution in [-0.4, -0.2) is 38.0 Å². The lowest BCUT2D eigenvalue weighted by molar-refractivity contribution is -0.137. The van der Waals surface area contributed by atoms with Gasteiger partial charge in [0, 0.05) is 20.1 Å². The zero-order chi connectivity index (χ0) is 18.6. The van der Waals surface area contributed by atoms with Gasteiger partial charge in [-0.15, -0.1) is 0 Å². The van der Waals surface area contributed by atoms with Crippen molar-refractivity contribution in [3.8, 4) is 11.1 Å². The van der Waals surface area contributed by atoms with Gasteiger partial charge in [-0.25, -0.2) is 4.39 Å². The fraction of sp³-hybridized carbons (Fsp3) is 0.278. The summed E-state index contributed by atoms with van der Waals surface area (Å²) in [5.41, 5.74) is -0.330. The zero-order valence-corrected chi connectivity index (χ0v) is 13.8. The van der Waals surface area contributed by atoms with Crippen LogP contribution in [0.25, 0.3) is 11.1 Å². The smallest absolute Gasteiger partial charge is 0.340 e. The van der Waals surface area contributed by atoms with Crippen LogP contribution >= 0.6 is 0 Å². The van der Waals surface area contributed by atoms with Crippen LogP contribution in [0.5, 0.6) is 0 Å². The van der Waals surface area contributed by atoms with Crippen molar-refractivity contribution in [3.63, 3.8) is 0 Å². The number of alkyl halides is 3. The lowest BCUT2D eigenvalue weighted by atomic mass is 9.97. The average molecular weight is 354 g/mol. The van der Waals surface area contributed by atoms with Gasteiger partial charge in [-0.2, -0.15) is 13.2 Å². The van der Waals surface area contributed by atoms with E-state index in [2.05, 4.69) is 5.32 Å². The maximum absolute atomic E-state index is 13.6. The number of nitrogens with one attached hydrogen (secondary N) is 1. The Morgan fingerprint density at radius 1 is 1.16 bits per heavy atom. The minimum Gasteiger partial charge on any atom is -0.340 e. The summed E-state index contributed by atoms with van der Waals surface area (Å²) in [4.78, 5) is 14.0. The van der Waals surface area contributed by atoms with E-state index in [9.17, 15) is 22.4 Å². The first-order chi connectivity index (χ1) is 11.7. The fourth-order valence-corrected chi connectivity index (χ4v) is 2.39. The van der Waals surface area contributed by atoms with Gasteiger partial charge in [0.25, 0.3) is 5.91 Å². The molecule has 0 radical (unpaired) electrons. The molecule has 1 amide bonds. The van der Waals surface area contributed by atoms with Gasteiger partial charge >= 0.3 is 6.18 Å². The number of hydrogen-bond donors (Lipinski definition) is 1. The summed E-state index contributed by atoms with van der Waals surface area (Å²) in [6.45, 7) is 0.921. The Morgan fingerprint density at radius 2 is 1.88 bits per heavy atom. The molecule has 0 aliphatic carbocycles. The molecule has 0 aromatic heterocycles. The van der Waals surface area contributed by atoms with Crippen molar-refractivity contribution in [3.05, 3.63) is 59.4 Å². The molecule has 25 heavy (non-hydrogen) atoms. The molecule has 2 rings (SSSR count). The van der Waals surface area contributed by atoms with Gasteiger partial charge in [-0.1, -0.05) is 18.2 Å². The monoisotopic (exact) mass is 354 g/mol. The number of carbonyl (C=O) groups excluding carboxylic acids is 1. The second-order valence-electron chi connectivity index (χ2n) is 5.60. The topological polar surface area (TPSA) is 32.3 Å². The van der Waals surface area contributed by atoms with Crippen molar-refractivity contribution in [1.29, 1.82) is 0 Å². The summed E-state index contributed by atoms with van der Waals surface area (Å²) in [5.74, 6) is -1.08. The Balaban J connectivity index is 2.48. The van der Waals surface area contributed by atoms with Gasteiger partial charge in [-0.05, 0) is 42.4 Å². The van der Waals surface area contributed by atoms with Crippen molar-refractivity contribution < 1.29 is 22.4 Å². The molecule has 7 heteroatoms. The van der Waals surface area contributed by atoms with E-state index in [0.29, 0.717) is 13.1 Å². The first kappa shape index (κ1) is 18.9. The SMILES string of the molecule is CNCCN(C)C(=O)c1cc(F)ccc1-c1cccc(C(F)(F)F)c1. The summed E-state index contributed by atoms with van der Waals surface area (Å²) < 4.78 is 52.4. The van der Waals surface area contributed by atoms with E-state index < -0.39 is 23.5 Å². The third-order valence-electron chi connectivity index (χ3n) is 3.76. The minimum absolute atomic E-state index is 0.0259. The molecule has 0 bridgehead atoms. The van der Waals surface area contributed by atoms with Crippen molar-refractivity contribution in [2.24, 2.45) is 0 Å². The normalized spacial score (nSPS) is 11.4. The predicted octanol–water partition coefficient (Wildman–Crippen LogP) is 3.80. The first-order valence-electron chi connectivity index (χ1n) is 7.61.